The maximum Gasteiger partial charge on any atom is 0.336 e. The van der Waals surface area contributed by atoms with Gasteiger partial charge in [-0.1, -0.05) is 33.3 Å². The Hall–Kier alpha value is -3.10. The molecule has 8 heteroatoms. The van der Waals surface area contributed by atoms with Gasteiger partial charge < -0.3 is 10.2 Å². The highest BCUT2D eigenvalue weighted by atomic mass is 79.9. The Balaban J connectivity index is 1.77. The SMILES string of the molecule is O=C(O)c1cc(-c2ccc(-n3cc(CO)nn3)cc2)nc2ccc(Br)cc12. The third-order valence-corrected chi connectivity index (χ3v) is 4.62. The van der Waals surface area contributed by atoms with Crippen LogP contribution in [0.4, 0.5) is 0 Å². The van der Waals surface area contributed by atoms with Crippen molar-refractivity contribution in [3.63, 3.8) is 0 Å². The standard InChI is InChI=1S/C19H13BrN4O3/c20-12-3-6-17-15(7-12)16(19(26)27)8-18(21-17)11-1-4-14(5-2-11)24-9-13(10-25)22-23-24/h1-9,25H,10H2,(H,26,27). The van der Waals surface area contributed by atoms with E-state index in [4.69, 9.17) is 5.11 Å². The summed E-state index contributed by atoms with van der Waals surface area (Å²) in [5.74, 6) is -1.00. The van der Waals surface area contributed by atoms with E-state index in [1.54, 1.807) is 29.1 Å². The van der Waals surface area contributed by atoms with Crippen LogP contribution in [-0.4, -0.2) is 36.2 Å². The molecule has 0 fully saturated rings. The van der Waals surface area contributed by atoms with Gasteiger partial charge in [0.25, 0.3) is 0 Å². The first-order valence-electron chi connectivity index (χ1n) is 8.01. The monoisotopic (exact) mass is 424 g/mol. The molecule has 4 aromatic rings. The molecule has 0 bridgehead atoms. The van der Waals surface area contributed by atoms with E-state index in [-0.39, 0.29) is 12.2 Å². The van der Waals surface area contributed by atoms with Gasteiger partial charge in [0.05, 0.1) is 35.3 Å². The van der Waals surface area contributed by atoms with Crippen molar-refractivity contribution >= 4 is 32.8 Å². The average molecular weight is 425 g/mol. The lowest BCUT2D eigenvalue weighted by Crippen LogP contribution is -2.00. The lowest BCUT2D eigenvalue weighted by atomic mass is 10.0. The molecule has 27 heavy (non-hydrogen) atoms. The molecule has 0 aliphatic rings. The third-order valence-electron chi connectivity index (χ3n) is 4.13. The predicted octanol–water partition coefficient (Wildman–Crippen LogP) is 3.44. The van der Waals surface area contributed by atoms with Crippen molar-refractivity contribution in [3.8, 4) is 16.9 Å². The van der Waals surface area contributed by atoms with E-state index < -0.39 is 5.97 Å². The number of hydrogen-bond donors (Lipinski definition) is 2. The van der Waals surface area contributed by atoms with Gasteiger partial charge in [0.2, 0.25) is 0 Å². The highest BCUT2D eigenvalue weighted by Gasteiger charge is 2.13. The number of nitrogens with zero attached hydrogens (tertiary/aromatic N) is 4. The minimum Gasteiger partial charge on any atom is -0.478 e. The van der Waals surface area contributed by atoms with Gasteiger partial charge in [-0.25, -0.2) is 14.5 Å². The number of rotatable bonds is 4. The van der Waals surface area contributed by atoms with Crippen LogP contribution >= 0.6 is 15.9 Å². The Morgan fingerprint density at radius 2 is 1.89 bits per heavy atom. The summed E-state index contributed by atoms with van der Waals surface area (Å²) < 4.78 is 2.36. The van der Waals surface area contributed by atoms with Crippen molar-refractivity contribution in [3.05, 3.63) is 70.5 Å². The molecule has 4 rings (SSSR count). The molecule has 0 spiro atoms. The number of halogens is 1. The fourth-order valence-electron chi connectivity index (χ4n) is 2.80. The second-order valence-corrected chi connectivity index (χ2v) is 6.80. The second kappa shape index (κ2) is 6.90. The van der Waals surface area contributed by atoms with E-state index in [0.29, 0.717) is 22.3 Å². The third kappa shape index (κ3) is 3.32. The second-order valence-electron chi connectivity index (χ2n) is 5.88. The van der Waals surface area contributed by atoms with Crippen LogP contribution < -0.4 is 0 Å². The number of aromatic nitrogens is 4. The number of carboxylic acid groups (broad SMARTS) is 1. The van der Waals surface area contributed by atoms with Crippen LogP contribution in [0.15, 0.2) is 59.2 Å². The number of aliphatic hydroxyl groups is 1. The van der Waals surface area contributed by atoms with Gasteiger partial charge in [-0.2, -0.15) is 0 Å². The molecular formula is C19H13BrN4O3. The van der Waals surface area contributed by atoms with Gasteiger partial charge in [0.1, 0.15) is 5.69 Å². The van der Waals surface area contributed by atoms with E-state index >= 15 is 0 Å². The van der Waals surface area contributed by atoms with Gasteiger partial charge in [-0.3, -0.25) is 0 Å². The van der Waals surface area contributed by atoms with Crippen molar-refractivity contribution in [1.29, 1.82) is 0 Å². The summed E-state index contributed by atoms with van der Waals surface area (Å²) in [5, 5.41) is 27.1. The maximum atomic E-state index is 11.7. The molecule has 2 N–H and O–H groups in total. The van der Waals surface area contributed by atoms with E-state index in [1.165, 1.54) is 0 Å². The van der Waals surface area contributed by atoms with Gasteiger partial charge in [0, 0.05) is 15.4 Å². The zero-order chi connectivity index (χ0) is 19.0. The summed E-state index contributed by atoms with van der Waals surface area (Å²) in [7, 11) is 0. The highest BCUT2D eigenvalue weighted by Crippen LogP contribution is 2.27. The lowest BCUT2D eigenvalue weighted by Gasteiger charge is -2.08. The fraction of sp³-hybridized carbons (Fsp3) is 0.0526. The quantitative estimate of drug-likeness (QED) is 0.520. The average Bonchev–Trinajstić information content (AvgIpc) is 3.16. The van der Waals surface area contributed by atoms with Crippen LogP contribution in [0.25, 0.3) is 27.8 Å². The molecule has 2 aromatic carbocycles. The summed E-state index contributed by atoms with van der Waals surface area (Å²) in [6.07, 6.45) is 1.64. The number of aromatic carboxylic acids is 1. The molecule has 134 valence electrons. The van der Waals surface area contributed by atoms with E-state index in [2.05, 4.69) is 31.2 Å². The fourth-order valence-corrected chi connectivity index (χ4v) is 3.17. The summed E-state index contributed by atoms with van der Waals surface area (Å²) >= 11 is 3.37. The van der Waals surface area contributed by atoms with E-state index in [1.807, 2.05) is 30.3 Å². The molecule has 0 aliphatic heterocycles. The zero-order valence-electron chi connectivity index (χ0n) is 13.9. The van der Waals surface area contributed by atoms with Crippen molar-refractivity contribution in [2.45, 2.75) is 6.61 Å². The number of benzene rings is 2. The van der Waals surface area contributed by atoms with Crippen molar-refractivity contribution in [2.24, 2.45) is 0 Å². The predicted molar refractivity (Wildman–Crippen MR) is 103 cm³/mol. The number of pyridine rings is 1. The zero-order valence-corrected chi connectivity index (χ0v) is 15.5. The first kappa shape index (κ1) is 17.3. The Bertz CT molecular complexity index is 1160. The van der Waals surface area contributed by atoms with Crippen LogP contribution in [0, 0.1) is 0 Å². The number of aliphatic hydroxyl groups excluding tert-OH is 1. The van der Waals surface area contributed by atoms with Gasteiger partial charge in [-0.05, 0) is 36.4 Å². The summed E-state index contributed by atoms with van der Waals surface area (Å²) in [6.45, 7) is -0.173. The molecule has 0 atom stereocenters. The smallest absolute Gasteiger partial charge is 0.336 e. The van der Waals surface area contributed by atoms with E-state index in [0.717, 1.165) is 15.7 Å². The molecule has 2 aromatic heterocycles. The Morgan fingerprint density at radius 3 is 2.56 bits per heavy atom. The normalized spacial score (nSPS) is 11.0. The van der Waals surface area contributed by atoms with Crippen LogP contribution in [-0.2, 0) is 6.61 Å². The number of fused-ring (bicyclic) bond motifs is 1. The topological polar surface area (TPSA) is 101 Å². The molecule has 0 aliphatic carbocycles. The Kier molecular flexibility index (Phi) is 4.43. The van der Waals surface area contributed by atoms with Crippen LogP contribution in [0.1, 0.15) is 16.1 Å². The molecule has 0 radical (unpaired) electrons. The van der Waals surface area contributed by atoms with Crippen molar-refractivity contribution in [2.75, 3.05) is 0 Å². The van der Waals surface area contributed by atoms with Gasteiger partial charge in [0.15, 0.2) is 0 Å². The molecule has 0 saturated carbocycles. The maximum absolute atomic E-state index is 11.7. The van der Waals surface area contributed by atoms with Crippen LogP contribution in [0.5, 0.6) is 0 Å². The van der Waals surface area contributed by atoms with Gasteiger partial charge in [-0.15, -0.1) is 5.10 Å². The largest absolute Gasteiger partial charge is 0.478 e. The van der Waals surface area contributed by atoms with Crippen molar-refractivity contribution < 1.29 is 15.0 Å². The van der Waals surface area contributed by atoms with Crippen molar-refractivity contribution in [1.82, 2.24) is 20.0 Å². The number of carbonyl (C=O) groups is 1. The molecule has 2 heterocycles. The minimum absolute atomic E-state index is 0.173. The molecule has 7 nitrogen and oxygen atoms in total. The molecule has 0 saturated heterocycles. The Morgan fingerprint density at radius 1 is 1.11 bits per heavy atom. The minimum atomic E-state index is -1.00. The molecule has 0 amide bonds. The summed E-state index contributed by atoms with van der Waals surface area (Å²) in [4.78, 5) is 16.3. The van der Waals surface area contributed by atoms with Gasteiger partial charge >= 0.3 is 5.97 Å². The first-order valence-corrected chi connectivity index (χ1v) is 8.81. The molecule has 0 unspecified atom stereocenters. The summed E-state index contributed by atoms with van der Waals surface area (Å²) in [5.41, 5.74) is 3.42. The highest BCUT2D eigenvalue weighted by molar-refractivity contribution is 9.10. The number of hydrogen-bond acceptors (Lipinski definition) is 5. The van der Waals surface area contributed by atoms with E-state index in [9.17, 15) is 9.90 Å². The van der Waals surface area contributed by atoms with Crippen LogP contribution in [0.2, 0.25) is 0 Å². The molecular weight excluding hydrogens is 412 g/mol. The lowest BCUT2D eigenvalue weighted by molar-refractivity contribution is 0.0699. The number of carboxylic acids is 1. The van der Waals surface area contributed by atoms with Crippen LogP contribution in [0.3, 0.4) is 0 Å². The Labute approximate surface area is 162 Å². The first-order chi connectivity index (χ1) is 13.0. The summed E-state index contributed by atoms with van der Waals surface area (Å²) in [6, 6.07) is 14.3.